The van der Waals surface area contributed by atoms with Gasteiger partial charge in [0.05, 0.1) is 0 Å². The maximum absolute atomic E-state index is 11.5. The first-order valence-corrected chi connectivity index (χ1v) is 4.07. The van der Waals surface area contributed by atoms with Crippen molar-refractivity contribution in [1.29, 1.82) is 0 Å². The van der Waals surface area contributed by atoms with Gasteiger partial charge in [-0.05, 0) is 6.42 Å². The van der Waals surface area contributed by atoms with Crippen molar-refractivity contribution >= 4 is 12.0 Å². The number of hydrogen-bond acceptors (Lipinski definition) is 3. The number of halogens is 3. The van der Waals surface area contributed by atoms with E-state index in [4.69, 9.17) is 5.73 Å². The van der Waals surface area contributed by atoms with Crippen LogP contribution in [0.4, 0.5) is 18.0 Å². The van der Waals surface area contributed by atoms with Crippen LogP contribution >= 0.6 is 0 Å². The van der Waals surface area contributed by atoms with Crippen LogP contribution in [0.2, 0.25) is 0 Å². The molecule has 0 aromatic rings. The summed E-state index contributed by atoms with van der Waals surface area (Å²) >= 11 is 0. The Morgan fingerprint density at radius 2 is 1.93 bits per heavy atom. The maximum Gasteiger partial charge on any atom is 0.422 e. The average Bonchev–Trinajstić information content (AvgIpc) is 2.07. The number of rotatable bonds is 5. The Bertz CT molecular complexity index is 230. The molecule has 88 valence electrons. The number of primary amides is 1. The number of carbonyl (C=O) groups is 2. The second-order valence-electron chi connectivity index (χ2n) is 2.69. The summed E-state index contributed by atoms with van der Waals surface area (Å²) in [6, 6.07) is 0. The van der Waals surface area contributed by atoms with Gasteiger partial charge in [0.1, 0.15) is 0 Å². The number of amides is 2. The van der Waals surface area contributed by atoms with E-state index in [1.807, 2.05) is 5.32 Å². The van der Waals surface area contributed by atoms with Crippen LogP contribution < -0.4 is 11.1 Å². The van der Waals surface area contributed by atoms with E-state index in [9.17, 15) is 22.8 Å². The molecule has 0 spiro atoms. The Balaban J connectivity index is 3.46. The van der Waals surface area contributed by atoms with Crippen LogP contribution in [0.15, 0.2) is 0 Å². The third-order valence-corrected chi connectivity index (χ3v) is 1.24. The minimum absolute atomic E-state index is 0.0413. The van der Waals surface area contributed by atoms with Gasteiger partial charge in [-0.3, -0.25) is 4.79 Å². The molecule has 3 N–H and O–H groups in total. The smallest absolute Gasteiger partial charge is 0.422 e. The highest BCUT2D eigenvalue weighted by molar-refractivity contribution is 5.73. The zero-order chi connectivity index (χ0) is 11.9. The summed E-state index contributed by atoms with van der Waals surface area (Å²) in [4.78, 5) is 20.8. The molecule has 0 aromatic carbocycles. The van der Waals surface area contributed by atoms with Gasteiger partial charge in [-0.15, -0.1) is 0 Å². The largest absolute Gasteiger partial charge is 0.440 e. The Morgan fingerprint density at radius 3 is 2.40 bits per heavy atom. The summed E-state index contributed by atoms with van der Waals surface area (Å²) in [5, 5.41) is 2.04. The number of nitrogens with one attached hydrogen (secondary N) is 1. The number of alkyl carbamates (subject to hydrolysis) is 1. The lowest BCUT2D eigenvalue weighted by Crippen LogP contribution is -2.30. The van der Waals surface area contributed by atoms with Crippen LogP contribution in [-0.4, -0.2) is 31.3 Å². The summed E-state index contributed by atoms with van der Waals surface area (Å²) in [6.07, 6.45) is -5.39. The molecule has 0 saturated carbocycles. The first-order chi connectivity index (χ1) is 6.81. The van der Waals surface area contributed by atoms with Crippen molar-refractivity contribution in [2.45, 2.75) is 19.0 Å². The Kier molecular flexibility index (Phi) is 5.50. The lowest BCUT2D eigenvalue weighted by Gasteiger charge is -2.08. The van der Waals surface area contributed by atoms with Gasteiger partial charge < -0.3 is 15.8 Å². The number of hydrogen-bond donors (Lipinski definition) is 2. The first-order valence-electron chi connectivity index (χ1n) is 4.07. The SMILES string of the molecule is NC(=O)CCCNC(=O)OCC(F)(F)F. The number of carbonyl (C=O) groups excluding carboxylic acids is 2. The van der Waals surface area contributed by atoms with Crippen LogP contribution in [0.3, 0.4) is 0 Å². The van der Waals surface area contributed by atoms with E-state index in [1.165, 1.54) is 0 Å². The molecule has 0 rings (SSSR count). The second-order valence-corrected chi connectivity index (χ2v) is 2.69. The second kappa shape index (κ2) is 6.10. The van der Waals surface area contributed by atoms with Gasteiger partial charge in [-0.2, -0.15) is 13.2 Å². The molecule has 0 atom stereocenters. The van der Waals surface area contributed by atoms with Crippen molar-refractivity contribution in [3.05, 3.63) is 0 Å². The maximum atomic E-state index is 11.5. The molecule has 0 aliphatic rings. The molecular weight excluding hydrogens is 217 g/mol. The minimum Gasteiger partial charge on any atom is -0.440 e. The molecule has 15 heavy (non-hydrogen) atoms. The third kappa shape index (κ3) is 10.5. The van der Waals surface area contributed by atoms with Crippen molar-refractivity contribution in [1.82, 2.24) is 5.32 Å². The molecule has 0 heterocycles. The number of alkyl halides is 3. The molecule has 2 amide bonds. The molecule has 0 unspecified atom stereocenters. The van der Waals surface area contributed by atoms with Crippen LogP contribution in [0, 0.1) is 0 Å². The fourth-order valence-electron chi connectivity index (χ4n) is 0.651. The number of nitrogens with two attached hydrogens (primary N) is 1. The van der Waals surface area contributed by atoms with Gasteiger partial charge in [0.2, 0.25) is 5.91 Å². The molecule has 5 nitrogen and oxygen atoms in total. The third-order valence-electron chi connectivity index (χ3n) is 1.24. The highest BCUT2D eigenvalue weighted by atomic mass is 19.4. The zero-order valence-electron chi connectivity index (χ0n) is 7.76. The van der Waals surface area contributed by atoms with Gasteiger partial charge in [0.25, 0.3) is 0 Å². The van der Waals surface area contributed by atoms with E-state index in [0.29, 0.717) is 0 Å². The summed E-state index contributed by atoms with van der Waals surface area (Å²) in [7, 11) is 0. The molecule has 8 heteroatoms. The monoisotopic (exact) mass is 228 g/mol. The van der Waals surface area contributed by atoms with Gasteiger partial charge in [-0.1, -0.05) is 0 Å². The average molecular weight is 228 g/mol. The van der Waals surface area contributed by atoms with Crippen LogP contribution in [0.25, 0.3) is 0 Å². The highest BCUT2D eigenvalue weighted by Crippen LogP contribution is 2.14. The predicted octanol–water partition coefficient (Wildman–Crippen LogP) is 0.540. The molecule has 0 bridgehead atoms. The molecule has 0 aliphatic carbocycles. The topological polar surface area (TPSA) is 81.4 Å². The van der Waals surface area contributed by atoms with E-state index in [-0.39, 0.29) is 19.4 Å². The minimum atomic E-state index is -4.54. The molecular formula is C7H11F3N2O3. The number of ether oxygens (including phenoxy) is 1. The van der Waals surface area contributed by atoms with E-state index >= 15 is 0 Å². The van der Waals surface area contributed by atoms with E-state index < -0.39 is 24.8 Å². The highest BCUT2D eigenvalue weighted by Gasteiger charge is 2.29. The summed E-state index contributed by atoms with van der Waals surface area (Å²) in [5.41, 5.74) is 4.79. The zero-order valence-corrected chi connectivity index (χ0v) is 7.76. The Morgan fingerprint density at radius 1 is 1.33 bits per heavy atom. The van der Waals surface area contributed by atoms with Gasteiger partial charge in [0.15, 0.2) is 6.61 Å². The van der Waals surface area contributed by atoms with Crippen LogP contribution in [-0.2, 0) is 9.53 Å². The lowest BCUT2D eigenvalue weighted by molar-refractivity contribution is -0.160. The lowest BCUT2D eigenvalue weighted by atomic mass is 10.3. The fourth-order valence-corrected chi connectivity index (χ4v) is 0.651. The first kappa shape index (κ1) is 13.5. The van der Waals surface area contributed by atoms with Crippen molar-refractivity contribution in [3.63, 3.8) is 0 Å². The molecule has 0 aromatic heterocycles. The molecule has 0 aliphatic heterocycles. The molecule has 0 fully saturated rings. The van der Waals surface area contributed by atoms with Crippen molar-refractivity contribution in [2.24, 2.45) is 5.73 Å². The summed E-state index contributed by atoms with van der Waals surface area (Å²) < 4.78 is 38.5. The van der Waals surface area contributed by atoms with Crippen LogP contribution in [0.5, 0.6) is 0 Å². The Labute approximate surface area is 83.8 Å². The molecule has 0 radical (unpaired) electrons. The van der Waals surface area contributed by atoms with E-state index in [2.05, 4.69) is 4.74 Å². The summed E-state index contributed by atoms with van der Waals surface area (Å²) in [5.74, 6) is -0.541. The van der Waals surface area contributed by atoms with Gasteiger partial charge in [0, 0.05) is 13.0 Å². The quantitative estimate of drug-likeness (QED) is 0.674. The molecule has 0 saturated heterocycles. The normalized spacial score (nSPS) is 10.9. The van der Waals surface area contributed by atoms with Gasteiger partial charge in [-0.25, -0.2) is 4.79 Å². The van der Waals surface area contributed by atoms with Crippen molar-refractivity contribution in [3.8, 4) is 0 Å². The predicted molar refractivity (Wildman–Crippen MR) is 43.8 cm³/mol. The van der Waals surface area contributed by atoms with Gasteiger partial charge >= 0.3 is 12.3 Å². The van der Waals surface area contributed by atoms with Crippen molar-refractivity contribution in [2.75, 3.05) is 13.2 Å². The van der Waals surface area contributed by atoms with E-state index in [1.54, 1.807) is 0 Å². The standard InChI is InChI=1S/C7H11F3N2O3/c8-7(9,10)4-15-6(14)12-3-1-2-5(11)13/h1-4H2,(H2,11,13)(H,12,14). The summed E-state index contributed by atoms with van der Waals surface area (Å²) in [6.45, 7) is -1.59. The fraction of sp³-hybridized carbons (Fsp3) is 0.714. The van der Waals surface area contributed by atoms with E-state index in [0.717, 1.165) is 0 Å². The Hall–Kier alpha value is -1.47. The van der Waals surface area contributed by atoms with Crippen LogP contribution in [0.1, 0.15) is 12.8 Å². The van der Waals surface area contributed by atoms with Crippen molar-refractivity contribution < 1.29 is 27.5 Å².